The second-order valence-corrected chi connectivity index (χ2v) is 6.98. The van der Waals surface area contributed by atoms with Gasteiger partial charge in [-0.3, -0.25) is 9.80 Å². The lowest BCUT2D eigenvalue weighted by Gasteiger charge is -2.29. The summed E-state index contributed by atoms with van der Waals surface area (Å²) in [6, 6.07) is 0. The normalized spacial score (nSPS) is 34.3. The van der Waals surface area contributed by atoms with Crippen LogP contribution >= 0.6 is 0 Å². The predicted molar refractivity (Wildman–Crippen MR) is 81.0 cm³/mol. The molecular weight excluding hydrogens is 232 g/mol. The van der Waals surface area contributed by atoms with Gasteiger partial charge >= 0.3 is 0 Å². The Bertz CT molecular complexity index is 296. The molecule has 3 rings (SSSR count). The first-order valence-electron chi connectivity index (χ1n) is 8.42. The third-order valence-electron chi connectivity index (χ3n) is 5.74. The molecule has 2 nitrogen and oxygen atoms in total. The van der Waals surface area contributed by atoms with Crippen molar-refractivity contribution in [2.24, 2.45) is 17.8 Å². The van der Waals surface area contributed by atoms with E-state index in [0.717, 1.165) is 24.3 Å². The fourth-order valence-corrected chi connectivity index (χ4v) is 4.82. The van der Waals surface area contributed by atoms with E-state index in [0.29, 0.717) is 0 Å². The first kappa shape index (κ1) is 13.6. The molecular formula is C17H30N2. The second kappa shape index (κ2) is 6.41. The lowest BCUT2D eigenvalue weighted by Crippen LogP contribution is -2.32. The molecule has 2 heteroatoms. The Morgan fingerprint density at radius 3 is 2.53 bits per heavy atom. The van der Waals surface area contributed by atoms with Crippen LogP contribution in [-0.2, 0) is 0 Å². The second-order valence-electron chi connectivity index (χ2n) is 6.98. The quantitative estimate of drug-likeness (QED) is 0.701. The topological polar surface area (TPSA) is 6.48 Å². The average Bonchev–Trinajstić information content (AvgIpc) is 3.11. The zero-order valence-electron chi connectivity index (χ0n) is 12.4. The van der Waals surface area contributed by atoms with E-state index in [9.17, 15) is 0 Å². The van der Waals surface area contributed by atoms with E-state index in [1.54, 1.807) is 0 Å². The van der Waals surface area contributed by atoms with E-state index in [1.165, 1.54) is 71.2 Å². The molecule has 1 unspecified atom stereocenters. The highest BCUT2D eigenvalue weighted by atomic mass is 15.4. The van der Waals surface area contributed by atoms with Crippen LogP contribution in [0.15, 0.2) is 12.7 Å². The molecule has 1 aliphatic heterocycles. The molecule has 2 aliphatic carbocycles. The van der Waals surface area contributed by atoms with Gasteiger partial charge in [0, 0.05) is 26.2 Å². The van der Waals surface area contributed by atoms with Crippen molar-refractivity contribution in [2.45, 2.75) is 44.9 Å². The van der Waals surface area contributed by atoms with E-state index >= 15 is 0 Å². The molecule has 0 radical (unpaired) electrons. The summed E-state index contributed by atoms with van der Waals surface area (Å²) in [6.07, 6.45) is 12.6. The van der Waals surface area contributed by atoms with Gasteiger partial charge in [-0.15, -0.1) is 6.58 Å². The predicted octanol–water partition coefficient (Wildman–Crippen LogP) is 3.35. The molecule has 0 aromatic rings. The third kappa shape index (κ3) is 3.22. The Hall–Kier alpha value is -0.340. The summed E-state index contributed by atoms with van der Waals surface area (Å²) in [5, 5.41) is 0. The summed E-state index contributed by atoms with van der Waals surface area (Å²) in [6.45, 7) is 9.99. The van der Waals surface area contributed by atoms with Crippen LogP contribution in [0.2, 0.25) is 0 Å². The van der Waals surface area contributed by atoms with Gasteiger partial charge in [0.2, 0.25) is 0 Å². The maximum absolute atomic E-state index is 3.86. The highest BCUT2D eigenvalue weighted by Gasteiger charge is 2.36. The lowest BCUT2D eigenvalue weighted by molar-refractivity contribution is 0.176. The Kier molecular flexibility index (Phi) is 4.60. The maximum atomic E-state index is 3.86. The minimum Gasteiger partial charge on any atom is -0.289 e. The van der Waals surface area contributed by atoms with Gasteiger partial charge in [0.05, 0.1) is 6.67 Å². The van der Waals surface area contributed by atoms with Crippen molar-refractivity contribution in [1.29, 1.82) is 0 Å². The molecule has 0 aromatic carbocycles. The van der Waals surface area contributed by atoms with Crippen LogP contribution in [0.3, 0.4) is 0 Å². The number of hydrogen-bond donors (Lipinski definition) is 0. The standard InChI is InChI=1S/C17H30N2/c1-2-10-18-11-12-19(14-18)13-16-8-5-9-17(16)15-6-3-4-7-15/h2,15-17H,1,3-14H2/t16-,17?/m1/s1. The summed E-state index contributed by atoms with van der Waals surface area (Å²) >= 11 is 0. The third-order valence-corrected chi connectivity index (χ3v) is 5.74. The minimum absolute atomic E-state index is 1.01. The Morgan fingerprint density at radius 1 is 0.947 bits per heavy atom. The van der Waals surface area contributed by atoms with Crippen LogP contribution in [0.25, 0.3) is 0 Å². The monoisotopic (exact) mass is 262 g/mol. The van der Waals surface area contributed by atoms with Gasteiger partial charge in [0.25, 0.3) is 0 Å². The van der Waals surface area contributed by atoms with E-state index < -0.39 is 0 Å². The molecule has 0 spiro atoms. The number of hydrogen-bond acceptors (Lipinski definition) is 2. The Morgan fingerprint density at radius 2 is 1.74 bits per heavy atom. The molecule has 0 bridgehead atoms. The Balaban J connectivity index is 1.50. The first-order valence-corrected chi connectivity index (χ1v) is 8.42. The van der Waals surface area contributed by atoms with E-state index in [4.69, 9.17) is 0 Å². The summed E-state index contributed by atoms with van der Waals surface area (Å²) in [7, 11) is 0. The van der Waals surface area contributed by atoms with Crippen LogP contribution < -0.4 is 0 Å². The van der Waals surface area contributed by atoms with Gasteiger partial charge in [-0.25, -0.2) is 0 Å². The molecule has 19 heavy (non-hydrogen) atoms. The van der Waals surface area contributed by atoms with Gasteiger partial charge in [0.15, 0.2) is 0 Å². The Labute approximate surface area is 118 Å². The molecule has 0 amide bonds. The molecule has 1 saturated heterocycles. The van der Waals surface area contributed by atoms with Gasteiger partial charge in [0.1, 0.15) is 0 Å². The summed E-state index contributed by atoms with van der Waals surface area (Å²) in [5.74, 6) is 3.15. The highest BCUT2D eigenvalue weighted by Crippen LogP contribution is 2.44. The average molecular weight is 262 g/mol. The van der Waals surface area contributed by atoms with Crippen molar-refractivity contribution in [2.75, 3.05) is 32.8 Å². The molecule has 108 valence electrons. The number of nitrogens with zero attached hydrogens (tertiary/aromatic N) is 2. The lowest BCUT2D eigenvalue weighted by atomic mass is 9.82. The van der Waals surface area contributed by atoms with Crippen molar-refractivity contribution in [3.05, 3.63) is 12.7 Å². The smallest absolute Gasteiger partial charge is 0.0510 e. The van der Waals surface area contributed by atoms with Crippen LogP contribution in [0.5, 0.6) is 0 Å². The molecule has 1 heterocycles. The highest BCUT2D eigenvalue weighted by molar-refractivity contribution is 4.88. The minimum atomic E-state index is 1.01. The first-order chi connectivity index (χ1) is 9.36. The summed E-state index contributed by atoms with van der Waals surface area (Å²) < 4.78 is 0. The van der Waals surface area contributed by atoms with Crippen molar-refractivity contribution in [3.8, 4) is 0 Å². The van der Waals surface area contributed by atoms with Crippen LogP contribution in [0.1, 0.15) is 44.9 Å². The van der Waals surface area contributed by atoms with Crippen LogP contribution in [0, 0.1) is 17.8 Å². The SMILES string of the molecule is C=CCN1CCN(C[C@H]2CCCC2C2CCCC2)C1. The van der Waals surface area contributed by atoms with Crippen molar-refractivity contribution < 1.29 is 0 Å². The van der Waals surface area contributed by atoms with Gasteiger partial charge in [-0.05, 0) is 30.6 Å². The maximum Gasteiger partial charge on any atom is 0.0510 e. The van der Waals surface area contributed by atoms with E-state index in [1.807, 2.05) is 6.08 Å². The van der Waals surface area contributed by atoms with Crippen molar-refractivity contribution >= 4 is 0 Å². The van der Waals surface area contributed by atoms with Crippen molar-refractivity contribution in [3.63, 3.8) is 0 Å². The zero-order chi connectivity index (χ0) is 13.1. The van der Waals surface area contributed by atoms with Gasteiger partial charge in [-0.2, -0.15) is 0 Å². The fourth-order valence-electron chi connectivity index (χ4n) is 4.82. The van der Waals surface area contributed by atoms with Crippen molar-refractivity contribution in [1.82, 2.24) is 9.80 Å². The van der Waals surface area contributed by atoms with Gasteiger partial charge < -0.3 is 0 Å². The molecule has 0 N–H and O–H groups in total. The van der Waals surface area contributed by atoms with Crippen LogP contribution in [-0.4, -0.2) is 42.6 Å². The molecule has 0 aromatic heterocycles. The summed E-state index contributed by atoms with van der Waals surface area (Å²) in [4.78, 5) is 5.22. The summed E-state index contributed by atoms with van der Waals surface area (Å²) in [5.41, 5.74) is 0. The van der Waals surface area contributed by atoms with Crippen LogP contribution in [0.4, 0.5) is 0 Å². The molecule has 2 saturated carbocycles. The molecule has 2 atom stereocenters. The van der Waals surface area contributed by atoms with Gasteiger partial charge in [-0.1, -0.05) is 38.2 Å². The largest absolute Gasteiger partial charge is 0.289 e. The zero-order valence-corrected chi connectivity index (χ0v) is 12.4. The van der Waals surface area contributed by atoms with E-state index in [-0.39, 0.29) is 0 Å². The molecule has 3 fully saturated rings. The number of rotatable bonds is 5. The van der Waals surface area contributed by atoms with E-state index in [2.05, 4.69) is 16.4 Å². The molecule has 3 aliphatic rings. The fraction of sp³-hybridized carbons (Fsp3) is 0.882.